The molecule has 1 amide bonds. The summed E-state index contributed by atoms with van der Waals surface area (Å²) in [4.78, 5) is 25.3. The van der Waals surface area contributed by atoms with Gasteiger partial charge in [-0.05, 0) is 31.2 Å². The van der Waals surface area contributed by atoms with Crippen LogP contribution in [0, 0.1) is 17.2 Å². The number of esters is 1. The number of nitrogens with zero attached hydrogens (tertiary/aromatic N) is 2. The predicted octanol–water partition coefficient (Wildman–Crippen LogP) is 3.05. The number of benzene rings is 1. The SMILES string of the molecule is CCOC(=O)C=C(C#N)C1CCN(C(=O)OCc2ccccc2)CC1. The van der Waals surface area contributed by atoms with Gasteiger partial charge in [0.1, 0.15) is 6.61 Å². The summed E-state index contributed by atoms with van der Waals surface area (Å²) >= 11 is 0. The van der Waals surface area contributed by atoms with E-state index in [1.165, 1.54) is 6.08 Å². The molecule has 1 aromatic carbocycles. The van der Waals surface area contributed by atoms with Gasteiger partial charge in [0, 0.05) is 24.7 Å². The molecule has 0 aromatic heterocycles. The Balaban J connectivity index is 1.83. The van der Waals surface area contributed by atoms with Crippen molar-refractivity contribution in [3.05, 3.63) is 47.5 Å². The van der Waals surface area contributed by atoms with Crippen molar-refractivity contribution in [2.24, 2.45) is 5.92 Å². The number of hydrogen-bond acceptors (Lipinski definition) is 5. The average molecular weight is 342 g/mol. The Morgan fingerprint density at radius 2 is 1.92 bits per heavy atom. The van der Waals surface area contributed by atoms with Gasteiger partial charge in [0.25, 0.3) is 0 Å². The highest BCUT2D eigenvalue weighted by Gasteiger charge is 2.26. The first kappa shape index (κ1) is 18.5. The van der Waals surface area contributed by atoms with E-state index in [4.69, 9.17) is 9.47 Å². The fourth-order valence-corrected chi connectivity index (χ4v) is 2.74. The van der Waals surface area contributed by atoms with Gasteiger partial charge < -0.3 is 14.4 Å². The fraction of sp³-hybridized carbons (Fsp3) is 0.421. The molecule has 132 valence electrons. The molecule has 0 atom stereocenters. The van der Waals surface area contributed by atoms with Gasteiger partial charge in [0.15, 0.2) is 0 Å². The molecule has 6 heteroatoms. The van der Waals surface area contributed by atoms with Crippen molar-refractivity contribution in [1.82, 2.24) is 4.90 Å². The van der Waals surface area contributed by atoms with Crippen LogP contribution in [-0.4, -0.2) is 36.7 Å². The quantitative estimate of drug-likeness (QED) is 0.467. The third kappa shape index (κ3) is 5.64. The zero-order valence-electron chi connectivity index (χ0n) is 14.3. The molecule has 0 spiro atoms. The van der Waals surface area contributed by atoms with Crippen LogP contribution in [-0.2, 0) is 20.9 Å². The summed E-state index contributed by atoms with van der Waals surface area (Å²) in [6.45, 7) is 3.24. The highest BCUT2D eigenvalue weighted by Crippen LogP contribution is 2.25. The molecule has 1 aromatic rings. The summed E-state index contributed by atoms with van der Waals surface area (Å²) in [6.07, 6.45) is 2.16. The Hall–Kier alpha value is -2.81. The van der Waals surface area contributed by atoms with Crippen LogP contribution in [0.1, 0.15) is 25.3 Å². The van der Waals surface area contributed by atoms with E-state index in [1.807, 2.05) is 30.3 Å². The van der Waals surface area contributed by atoms with Crippen molar-refractivity contribution in [3.8, 4) is 6.07 Å². The second-order valence-corrected chi connectivity index (χ2v) is 5.77. The molecular weight excluding hydrogens is 320 g/mol. The maximum absolute atomic E-state index is 12.1. The smallest absolute Gasteiger partial charge is 0.410 e. The van der Waals surface area contributed by atoms with E-state index < -0.39 is 5.97 Å². The Kier molecular flexibility index (Phi) is 7.02. The van der Waals surface area contributed by atoms with Crippen LogP contribution < -0.4 is 0 Å². The molecule has 0 saturated carbocycles. The maximum Gasteiger partial charge on any atom is 0.410 e. The van der Waals surface area contributed by atoms with Gasteiger partial charge in [-0.1, -0.05) is 30.3 Å². The molecule has 1 aliphatic rings. The van der Waals surface area contributed by atoms with Gasteiger partial charge in [0.2, 0.25) is 0 Å². The molecular formula is C19H22N2O4. The third-order valence-corrected chi connectivity index (χ3v) is 4.09. The van der Waals surface area contributed by atoms with E-state index in [0.29, 0.717) is 31.5 Å². The topological polar surface area (TPSA) is 79.6 Å². The van der Waals surface area contributed by atoms with Gasteiger partial charge in [-0.15, -0.1) is 0 Å². The van der Waals surface area contributed by atoms with Gasteiger partial charge in [-0.3, -0.25) is 0 Å². The zero-order valence-corrected chi connectivity index (χ0v) is 14.3. The molecule has 0 radical (unpaired) electrons. The Morgan fingerprint density at radius 3 is 2.52 bits per heavy atom. The van der Waals surface area contributed by atoms with Crippen molar-refractivity contribution in [2.45, 2.75) is 26.4 Å². The van der Waals surface area contributed by atoms with Crippen molar-refractivity contribution in [1.29, 1.82) is 5.26 Å². The fourth-order valence-electron chi connectivity index (χ4n) is 2.74. The summed E-state index contributed by atoms with van der Waals surface area (Å²) in [7, 11) is 0. The first-order valence-corrected chi connectivity index (χ1v) is 8.38. The predicted molar refractivity (Wildman–Crippen MR) is 91.3 cm³/mol. The first-order valence-electron chi connectivity index (χ1n) is 8.38. The minimum Gasteiger partial charge on any atom is -0.463 e. The number of nitriles is 1. The summed E-state index contributed by atoms with van der Waals surface area (Å²) in [5.74, 6) is -0.531. The maximum atomic E-state index is 12.1. The number of allylic oxidation sites excluding steroid dienone is 1. The number of carbonyl (C=O) groups is 2. The number of rotatable bonds is 5. The molecule has 1 aliphatic heterocycles. The highest BCUT2D eigenvalue weighted by molar-refractivity contribution is 5.83. The molecule has 0 N–H and O–H groups in total. The van der Waals surface area contributed by atoms with Crippen molar-refractivity contribution in [2.75, 3.05) is 19.7 Å². The Morgan fingerprint density at radius 1 is 1.24 bits per heavy atom. The number of ether oxygens (including phenoxy) is 2. The lowest BCUT2D eigenvalue weighted by molar-refractivity contribution is -0.137. The van der Waals surface area contributed by atoms with Crippen LogP contribution in [0.25, 0.3) is 0 Å². The van der Waals surface area contributed by atoms with Crippen LogP contribution >= 0.6 is 0 Å². The second kappa shape index (κ2) is 9.48. The van der Waals surface area contributed by atoms with Crippen LogP contribution in [0.15, 0.2) is 42.0 Å². The van der Waals surface area contributed by atoms with Gasteiger partial charge in [-0.25, -0.2) is 9.59 Å². The Labute approximate surface area is 147 Å². The van der Waals surface area contributed by atoms with Crippen molar-refractivity contribution in [3.63, 3.8) is 0 Å². The molecule has 0 bridgehead atoms. The molecule has 2 rings (SSSR count). The van der Waals surface area contributed by atoms with Crippen LogP contribution in [0.3, 0.4) is 0 Å². The van der Waals surface area contributed by atoms with Crippen molar-refractivity contribution < 1.29 is 19.1 Å². The largest absolute Gasteiger partial charge is 0.463 e. The lowest BCUT2D eigenvalue weighted by Crippen LogP contribution is -2.39. The monoisotopic (exact) mass is 342 g/mol. The molecule has 1 heterocycles. The van der Waals surface area contributed by atoms with Gasteiger partial charge >= 0.3 is 12.1 Å². The van der Waals surface area contributed by atoms with Crippen LogP contribution in [0.4, 0.5) is 4.79 Å². The first-order chi connectivity index (χ1) is 12.1. The molecule has 25 heavy (non-hydrogen) atoms. The molecule has 0 aliphatic carbocycles. The van der Waals surface area contributed by atoms with E-state index in [2.05, 4.69) is 6.07 Å². The number of piperidine rings is 1. The van der Waals surface area contributed by atoms with Gasteiger partial charge in [0.05, 0.1) is 12.7 Å². The number of carbonyl (C=O) groups excluding carboxylic acids is 2. The molecule has 1 fully saturated rings. The summed E-state index contributed by atoms with van der Waals surface area (Å²) in [5.41, 5.74) is 1.35. The van der Waals surface area contributed by atoms with E-state index in [-0.39, 0.29) is 25.2 Å². The summed E-state index contributed by atoms with van der Waals surface area (Å²) in [5, 5.41) is 9.25. The van der Waals surface area contributed by atoms with E-state index in [9.17, 15) is 14.9 Å². The number of likely N-dealkylation sites (tertiary alicyclic amines) is 1. The molecule has 0 unspecified atom stereocenters. The number of amides is 1. The minimum absolute atomic E-state index is 0.0346. The van der Waals surface area contributed by atoms with Crippen LogP contribution in [0.5, 0.6) is 0 Å². The van der Waals surface area contributed by atoms with Gasteiger partial charge in [-0.2, -0.15) is 5.26 Å². The molecule has 1 saturated heterocycles. The highest BCUT2D eigenvalue weighted by atomic mass is 16.6. The second-order valence-electron chi connectivity index (χ2n) is 5.77. The standard InChI is InChI=1S/C19H22N2O4/c1-2-24-18(22)12-17(13-20)16-8-10-21(11-9-16)19(23)25-14-15-6-4-3-5-7-15/h3-7,12,16H,2,8-11,14H2,1H3. The van der Waals surface area contributed by atoms with E-state index >= 15 is 0 Å². The molecule has 6 nitrogen and oxygen atoms in total. The summed E-state index contributed by atoms with van der Waals surface area (Å²) < 4.78 is 10.2. The third-order valence-electron chi connectivity index (χ3n) is 4.09. The minimum atomic E-state index is -0.497. The van der Waals surface area contributed by atoms with E-state index in [0.717, 1.165) is 5.56 Å². The summed E-state index contributed by atoms with van der Waals surface area (Å²) in [6, 6.07) is 11.6. The van der Waals surface area contributed by atoms with Crippen LogP contribution in [0.2, 0.25) is 0 Å². The average Bonchev–Trinajstić information content (AvgIpc) is 2.65. The lowest BCUT2D eigenvalue weighted by Gasteiger charge is -2.31. The van der Waals surface area contributed by atoms with E-state index in [1.54, 1.807) is 11.8 Å². The Bertz CT molecular complexity index is 656. The number of hydrogen-bond donors (Lipinski definition) is 0. The lowest BCUT2D eigenvalue weighted by atomic mass is 9.89. The normalized spacial score (nSPS) is 15.4. The van der Waals surface area contributed by atoms with Crippen molar-refractivity contribution >= 4 is 12.1 Å². The zero-order chi connectivity index (χ0) is 18.1.